The van der Waals surface area contributed by atoms with Gasteiger partial charge in [-0.15, -0.1) is 0 Å². The van der Waals surface area contributed by atoms with Crippen LogP contribution in [0, 0.1) is 0 Å². The minimum absolute atomic E-state index is 0.0222. The number of nitrogens with one attached hydrogen (secondary N) is 1. The van der Waals surface area contributed by atoms with E-state index >= 15 is 0 Å². The lowest BCUT2D eigenvalue weighted by Gasteiger charge is -2.28. The molecular formula is C32H34N4O7S. The average molecular weight is 619 g/mol. The number of nitrogens with zero attached hydrogens (tertiary/aromatic N) is 3. The Morgan fingerprint density at radius 3 is 2.27 bits per heavy atom. The van der Waals surface area contributed by atoms with Crippen LogP contribution in [0.15, 0.2) is 77.7 Å². The molecule has 3 atom stereocenters. The molecule has 2 fully saturated rings. The first-order chi connectivity index (χ1) is 20.8. The van der Waals surface area contributed by atoms with Crippen LogP contribution < -0.4 is 10.2 Å². The van der Waals surface area contributed by atoms with Crippen LogP contribution in [0.5, 0.6) is 5.75 Å². The first-order valence-electron chi connectivity index (χ1n) is 14.1. The number of sulfone groups is 1. The minimum atomic E-state index is -3.71. The Balaban J connectivity index is 1.39. The molecule has 0 aliphatic carbocycles. The summed E-state index contributed by atoms with van der Waals surface area (Å²) in [4.78, 5) is 58.8. The second-order valence-electron chi connectivity index (χ2n) is 11.3. The summed E-state index contributed by atoms with van der Waals surface area (Å²) < 4.78 is 24.7. The van der Waals surface area contributed by atoms with Crippen LogP contribution in [0.3, 0.4) is 0 Å². The Hall–Kier alpha value is -4.71. The van der Waals surface area contributed by atoms with Crippen molar-refractivity contribution in [2.75, 3.05) is 38.3 Å². The molecule has 44 heavy (non-hydrogen) atoms. The first kappa shape index (κ1) is 30.7. The van der Waals surface area contributed by atoms with Crippen molar-refractivity contribution in [1.29, 1.82) is 0 Å². The molecule has 230 valence electrons. The summed E-state index contributed by atoms with van der Waals surface area (Å²) in [6.45, 7) is -0.0832. The van der Waals surface area contributed by atoms with Crippen LogP contribution in [0.2, 0.25) is 0 Å². The summed E-state index contributed by atoms with van der Waals surface area (Å²) in [6, 6.07) is 16.5. The highest BCUT2D eigenvalue weighted by Crippen LogP contribution is 2.32. The number of aromatic hydroxyl groups is 1. The third kappa shape index (κ3) is 6.16. The molecule has 2 saturated heterocycles. The van der Waals surface area contributed by atoms with Gasteiger partial charge in [0, 0.05) is 44.6 Å². The van der Waals surface area contributed by atoms with Crippen molar-refractivity contribution in [1.82, 2.24) is 15.1 Å². The quantitative estimate of drug-likeness (QED) is 0.390. The van der Waals surface area contributed by atoms with Crippen molar-refractivity contribution in [3.63, 3.8) is 0 Å². The highest BCUT2D eigenvalue weighted by atomic mass is 32.2. The standard InChI is InChI=1S/C32H34N4O7S/c1-34(2)22-12-10-21(11-13-22)30(39)33-25(18-20-8-14-23(37)15-9-20)32(41)35-17-16-26-29(35)27(38)19-36(26)31(40)24-6-4-5-7-28(24)44(3,42)43/h4-15,25-26,29,37H,16-19H2,1-3H3,(H,33,39)/t25-,26?,29?/m0/s1. The number of benzene rings is 3. The topological polar surface area (TPSA) is 144 Å². The fourth-order valence-electron chi connectivity index (χ4n) is 5.88. The van der Waals surface area contributed by atoms with E-state index in [4.69, 9.17) is 0 Å². The van der Waals surface area contributed by atoms with Gasteiger partial charge in [-0.25, -0.2) is 8.42 Å². The fraction of sp³-hybridized carbons (Fsp3) is 0.312. The smallest absolute Gasteiger partial charge is 0.255 e. The molecule has 3 aromatic carbocycles. The van der Waals surface area contributed by atoms with Crippen LogP contribution in [0.4, 0.5) is 5.69 Å². The van der Waals surface area contributed by atoms with Crippen LogP contribution in [-0.4, -0.2) is 98.4 Å². The summed E-state index contributed by atoms with van der Waals surface area (Å²) in [7, 11) is 0.0582. The lowest BCUT2D eigenvalue weighted by atomic mass is 10.0. The van der Waals surface area contributed by atoms with Crippen LogP contribution in [-0.2, 0) is 25.8 Å². The van der Waals surface area contributed by atoms with E-state index in [0.29, 0.717) is 17.5 Å². The van der Waals surface area contributed by atoms with Gasteiger partial charge in [-0.3, -0.25) is 19.2 Å². The Bertz CT molecular complexity index is 1710. The van der Waals surface area contributed by atoms with E-state index in [0.717, 1.165) is 11.9 Å². The molecule has 0 saturated carbocycles. The molecule has 3 amide bonds. The molecule has 0 bridgehead atoms. The SMILES string of the molecule is CN(C)c1ccc(C(=O)N[C@@H](Cc2ccc(O)cc2)C(=O)N2CCC3C2C(=O)CN3C(=O)c2ccccc2S(C)(=O)=O)cc1. The van der Waals surface area contributed by atoms with Crippen LogP contribution >= 0.6 is 0 Å². The summed E-state index contributed by atoms with van der Waals surface area (Å²) in [5, 5.41) is 12.6. The molecular weight excluding hydrogens is 584 g/mol. The van der Waals surface area contributed by atoms with Gasteiger partial charge in [0.05, 0.1) is 23.0 Å². The molecule has 2 heterocycles. The zero-order valence-electron chi connectivity index (χ0n) is 24.6. The number of Topliss-reactive ketones (excluding diaryl/α,β-unsaturated/α-hetero) is 1. The van der Waals surface area contributed by atoms with Gasteiger partial charge in [0.2, 0.25) is 5.91 Å². The number of phenols is 1. The maximum Gasteiger partial charge on any atom is 0.255 e. The number of phenolic OH excluding ortho intramolecular Hbond substituents is 1. The predicted molar refractivity (Wildman–Crippen MR) is 163 cm³/mol. The molecule has 12 heteroatoms. The Kier molecular flexibility index (Phi) is 8.46. The van der Waals surface area contributed by atoms with Crippen LogP contribution in [0.25, 0.3) is 0 Å². The molecule has 3 aromatic rings. The number of carbonyl (C=O) groups excluding carboxylic acids is 4. The van der Waals surface area contributed by atoms with Crippen LogP contribution in [0.1, 0.15) is 32.7 Å². The molecule has 2 aliphatic rings. The summed E-state index contributed by atoms with van der Waals surface area (Å²) in [6.07, 6.45) is 1.44. The molecule has 2 aliphatic heterocycles. The molecule has 5 rings (SSSR count). The lowest BCUT2D eigenvalue weighted by Crippen LogP contribution is -2.53. The van der Waals surface area contributed by atoms with E-state index < -0.39 is 45.7 Å². The zero-order valence-corrected chi connectivity index (χ0v) is 25.5. The Morgan fingerprint density at radius 1 is 0.977 bits per heavy atom. The maximum atomic E-state index is 14.1. The molecule has 0 radical (unpaired) electrons. The van der Waals surface area contributed by atoms with E-state index in [2.05, 4.69) is 5.32 Å². The van der Waals surface area contributed by atoms with Crippen molar-refractivity contribution >= 4 is 39.0 Å². The second kappa shape index (κ2) is 12.1. The fourth-order valence-corrected chi connectivity index (χ4v) is 6.76. The predicted octanol–water partition coefficient (Wildman–Crippen LogP) is 1.90. The van der Waals surface area contributed by atoms with Gasteiger partial charge in [0.15, 0.2) is 15.6 Å². The van der Waals surface area contributed by atoms with E-state index in [9.17, 15) is 32.7 Å². The number of hydrogen-bond donors (Lipinski definition) is 2. The number of rotatable bonds is 8. The van der Waals surface area contributed by atoms with Crippen molar-refractivity contribution in [3.05, 3.63) is 89.5 Å². The number of hydrogen-bond acceptors (Lipinski definition) is 8. The summed E-state index contributed by atoms with van der Waals surface area (Å²) >= 11 is 0. The average Bonchev–Trinajstić information content (AvgIpc) is 3.58. The van der Waals surface area contributed by atoms with E-state index in [1.54, 1.807) is 42.5 Å². The third-order valence-corrected chi connectivity index (χ3v) is 9.26. The first-order valence-corrected chi connectivity index (χ1v) is 16.0. The number of amides is 3. The lowest BCUT2D eigenvalue weighted by molar-refractivity contribution is -0.138. The van der Waals surface area contributed by atoms with E-state index in [1.807, 2.05) is 19.0 Å². The number of anilines is 1. The summed E-state index contributed by atoms with van der Waals surface area (Å²) in [5.74, 6) is -1.79. The van der Waals surface area contributed by atoms with E-state index in [-0.39, 0.29) is 41.5 Å². The highest BCUT2D eigenvalue weighted by molar-refractivity contribution is 7.90. The monoisotopic (exact) mass is 618 g/mol. The zero-order chi connectivity index (χ0) is 31.8. The number of fused-ring (bicyclic) bond motifs is 1. The van der Waals surface area contributed by atoms with Gasteiger partial charge < -0.3 is 25.1 Å². The molecule has 0 spiro atoms. The molecule has 2 N–H and O–H groups in total. The third-order valence-electron chi connectivity index (χ3n) is 8.11. The van der Waals surface area contributed by atoms with E-state index in [1.165, 1.54) is 40.1 Å². The molecule has 2 unspecified atom stereocenters. The maximum absolute atomic E-state index is 14.1. The van der Waals surface area contributed by atoms with Gasteiger partial charge in [0.1, 0.15) is 17.8 Å². The van der Waals surface area contributed by atoms with Gasteiger partial charge in [-0.1, -0.05) is 24.3 Å². The Labute approximate surface area is 256 Å². The largest absolute Gasteiger partial charge is 0.508 e. The Morgan fingerprint density at radius 2 is 1.64 bits per heavy atom. The number of ketones is 1. The van der Waals surface area contributed by atoms with Gasteiger partial charge in [-0.05, 0) is 60.5 Å². The summed E-state index contributed by atoms with van der Waals surface area (Å²) in [5.41, 5.74) is 1.93. The van der Waals surface area contributed by atoms with Crippen molar-refractivity contribution in [2.24, 2.45) is 0 Å². The number of carbonyl (C=O) groups is 4. The normalized spacial score (nSPS) is 18.6. The number of likely N-dealkylation sites (tertiary alicyclic amines) is 2. The second-order valence-corrected chi connectivity index (χ2v) is 13.3. The minimum Gasteiger partial charge on any atom is -0.508 e. The van der Waals surface area contributed by atoms with Crippen molar-refractivity contribution < 1.29 is 32.7 Å². The van der Waals surface area contributed by atoms with Gasteiger partial charge in [0.25, 0.3) is 11.8 Å². The highest BCUT2D eigenvalue weighted by Gasteiger charge is 2.52. The van der Waals surface area contributed by atoms with Gasteiger partial charge in [-0.2, -0.15) is 0 Å². The van der Waals surface area contributed by atoms with Crippen molar-refractivity contribution in [3.8, 4) is 5.75 Å². The molecule has 11 nitrogen and oxygen atoms in total. The van der Waals surface area contributed by atoms with Gasteiger partial charge >= 0.3 is 0 Å². The van der Waals surface area contributed by atoms with Crippen molar-refractivity contribution in [2.45, 2.75) is 35.9 Å². The molecule has 0 aromatic heterocycles.